The molecule has 0 aliphatic heterocycles. The molecule has 0 radical (unpaired) electrons. The van der Waals surface area contributed by atoms with E-state index in [1.54, 1.807) is 19.2 Å². The summed E-state index contributed by atoms with van der Waals surface area (Å²) in [6, 6.07) is 4.28. The molecule has 186 valence electrons. The smallest absolute Gasteiger partial charge is 0.416 e. The summed E-state index contributed by atoms with van der Waals surface area (Å²) in [4.78, 5) is 33.2. The summed E-state index contributed by atoms with van der Waals surface area (Å²) in [6.45, 7) is 1.53. The maximum absolute atomic E-state index is 13.5. The normalized spacial score (nSPS) is 16.3. The first kappa shape index (κ1) is 25.9. The Balaban J connectivity index is 2.12. The Morgan fingerprint density at radius 3 is 2.49 bits per heavy atom. The standard InChI is InChI=1S/C25H26F3N3O4/c1-15(32)13-20(29-2)16-7-12-19-21(14-16)30-22(5-3-4-6-23(33)34)31(24(19)35)18-10-8-17(9-11-18)25(26,27)28/h8-14,16,32H,3-7H2,1-2H3,(H,33,34)/b15-13-,29-20+. The van der Waals surface area contributed by atoms with Gasteiger partial charge in [0.15, 0.2) is 0 Å². The maximum Gasteiger partial charge on any atom is 0.416 e. The second kappa shape index (κ2) is 10.7. The third-order valence-electron chi connectivity index (χ3n) is 5.64. The van der Waals surface area contributed by atoms with E-state index in [4.69, 9.17) is 5.11 Å². The van der Waals surface area contributed by atoms with E-state index in [-0.39, 0.29) is 30.2 Å². The van der Waals surface area contributed by atoms with Crippen molar-refractivity contribution in [3.8, 4) is 5.69 Å². The van der Waals surface area contributed by atoms with Crippen molar-refractivity contribution < 1.29 is 28.2 Å². The van der Waals surface area contributed by atoms with Gasteiger partial charge in [-0.25, -0.2) is 4.98 Å². The van der Waals surface area contributed by atoms with Crippen LogP contribution in [-0.4, -0.2) is 38.5 Å². The number of aliphatic carboxylic acids is 1. The van der Waals surface area contributed by atoms with Crippen molar-refractivity contribution in [1.82, 2.24) is 9.55 Å². The van der Waals surface area contributed by atoms with Gasteiger partial charge in [0.05, 0.1) is 27.6 Å². The van der Waals surface area contributed by atoms with Crippen molar-refractivity contribution in [1.29, 1.82) is 0 Å². The lowest BCUT2D eigenvalue weighted by Gasteiger charge is -2.17. The number of carboxylic acid groups (broad SMARTS) is 1. The lowest BCUT2D eigenvalue weighted by atomic mass is 9.94. The van der Waals surface area contributed by atoms with Crippen molar-refractivity contribution in [2.75, 3.05) is 7.05 Å². The molecule has 1 aromatic carbocycles. The number of benzene rings is 1. The fraction of sp³-hybridized carbons (Fsp3) is 0.360. The van der Waals surface area contributed by atoms with Crippen LogP contribution in [0.2, 0.25) is 0 Å². The average Bonchev–Trinajstić information content (AvgIpc) is 2.79. The average molecular weight is 489 g/mol. The number of carbonyl (C=O) groups is 1. The van der Waals surface area contributed by atoms with Gasteiger partial charge in [-0.05, 0) is 62.6 Å². The Bertz CT molecular complexity index is 1340. The van der Waals surface area contributed by atoms with Gasteiger partial charge >= 0.3 is 12.1 Å². The molecule has 3 rings (SSSR count). The number of aryl methyl sites for hydroxylation is 1. The van der Waals surface area contributed by atoms with Crippen LogP contribution in [0.4, 0.5) is 13.2 Å². The molecule has 1 unspecified atom stereocenters. The van der Waals surface area contributed by atoms with Crippen LogP contribution in [0.3, 0.4) is 0 Å². The molecule has 0 bridgehead atoms. The molecule has 0 fully saturated rings. The Kier molecular flexibility index (Phi) is 7.93. The molecule has 0 saturated carbocycles. The second-order valence-corrected chi connectivity index (χ2v) is 8.26. The first-order valence-corrected chi connectivity index (χ1v) is 11.1. The van der Waals surface area contributed by atoms with Crippen LogP contribution in [0.15, 0.2) is 45.9 Å². The van der Waals surface area contributed by atoms with E-state index in [1.807, 2.05) is 0 Å². The number of alkyl halides is 3. The summed E-state index contributed by atoms with van der Waals surface area (Å²) >= 11 is 0. The third-order valence-corrected chi connectivity index (χ3v) is 5.64. The fourth-order valence-electron chi connectivity index (χ4n) is 3.97. The van der Waals surface area contributed by atoms with Gasteiger partial charge in [0, 0.05) is 31.5 Å². The zero-order chi connectivity index (χ0) is 25.8. The highest BCUT2D eigenvalue weighted by molar-refractivity contribution is 6.01. The van der Waals surface area contributed by atoms with E-state index in [1.165, 1.54) is 29.7 Å². The van der Waals surface area contributed by atoms with Crippen molar-refractivity contribution in [3.05, 3.63) is 68.4 Å². The highest BCUT2D eigenvalue weighted by Crippen LogP contribution is 2.29. The molecule has 2 N–H and O–H groups in total. The van der Waals surface area contributed by atoms with Crippen LogP contribution in [0, 0.1) is 5.92 Å². The molecule has 0 amide bonds. The van der Waals surface area contributed by atoms with Gasteiger partial charge in [-0.2, -0.15) is 13.2 Å². The van der Waals surface area contributed by atoms with Crippen LogP contribution < -0.4 is 16.1 Å². The number of rotatable bonds is 8. The molecule has 1 heterocycles. The molecular weight excluding hydrogens is 463 g/mol. The predicted octanol–water partition coefficient (Wildman–Crippen LogP) is 3.16. The number of allylic oxidation sites excluding steroid dienone is 2. The number of unbranched alkanes of at least 4 members (excludes halogenated alkanes) is 1. The van der Waals surface area contributed by atoms with Gasteiger partial charge in [-0.15, -0.1) is 0 Å². The summed E-state index contributed by atoms with van der Waals surface area (Å²) in [5.74, 6) is -0.737. The Morgan fingerprint density at radius 1 is 1.23 bits per heavy atom. The van der Waals surface area contributed by atoms with Gasteiger partial charge in [0.25, 0.3) is 5.56 Å². The number of hydrogen-bond acceptors (Lipinski definition) is 5. The van der Waals surface area contributed by atoms with Crippen LogP contribution in [-0.2, 0) is 17.4 Å². The lowest BCUT2D eigenvalue weighted by molar-refractivity contribution is -0.138. The molecule has 0 saturated heterocycles. The van der Waals surface area contributed by atoms with E-state index in [9.17, 15) is 27.9 Å². The highest BCUT2D eigenvalue weighted by atomic mass is 19.4. The van der Waals surface area contributed by atoms with E-state index in [0.717, 1.165) is 12.1 Å². The Hall–Kier alpha value is -3.69. The van der Waals surface area contributed by atoms with Gasteiger partial charge < -0.3 is 10.2 Å². The van der Waals surface area contributed by atoms with E-state index < -0.39 is 23.3 Å². The molecule has 1 aliphatic carbocycles. The molecule has 1 atom stereocenters. The largest absolute Gasteiger partial charge is 0.513 e. The lowest BCUT2D eigenvalue weighted by Crippen LogP contribution is -2.50. The Morgan fingerprint density at radius 2 is 1.91 bits per heavy atom. The van der Waals surface area contributed by atoms with Crippen LogP contribution in [0.25, 0.3) is 17.8 Å². The number of fused-ring (bicyclic) bond motifs is 1. The van der Waals surface area contributed by atoms with E-state index in [2.05, 4.69) is 9.98 Å². The molecular formula is C25H26F3N3O4. The number of hydrogen-bond donors (Lipinski definition) is 2. The summed E-state index contributed by atoms with van der Waals surface area (Å²) in [6.07, 6.45) is 1.99. The number of nitrogens with zero attached hydrogens (tertiary/aromatic N) is 3. The minimum Gasteiger partial charge on any atom is -0.513 e. The fourth-order valence-corrected chi connectivity index (χ4v) is 3.97. The molecule has 2 aromatic rings. The summed E-state index contributed by atoms with van der Waals surface area (Å²) in [5.41, 5.74) is -0.383. The zero-order valence-corrected chi connectivity index (χ0v) is 19.3. The SMILES string of the molecule is C/N=C(\C=C(\C)O)C1C=c2nc(CCCCC(=O)O)n(-c3ccc(C(F)(F)F)cc3)c(=O)c2=CC1. The van der Waals surface area contributed by atoms with Crippen molar-refractivity contribution >= 4 is 23.8 Å². The molecule has 35 heavy (non-hydrogen) atoms. The number of aromatic nitrogens is 2. The van der Waals surface area contributed by atoms with Crippen molar-refractivity contribution in [2.24, 2.45) is 10.9 Å². The van der Waals surface area contributed by atoms with Gasteiger partial charge in [0.2, 0.25) is 0 Å². The minimum absolute atomic E-state index is 0.0411. The number of carboxylic acids is 1. The summed E-state index contributed by atoms with van der Waals surface area (Å²) in [7, 11) is 1.60. The quantitative estimate of drug-likeness (QED) is 0.337. The highest BCUT2D eigenvalue weighted by Gasteiger charge is 2.30. The molecule has 7 nitrogen and oxygen atoms in total. The molecule has 0 spiro atoms. The zero-order valence-electron chi connectivity index (χ0n) is 19.3. The Labute approximate surface area is 199 Å². The summed E-state index contributed by atoms with van der Waals surface area (Å²) in [5, 5.41) is 19.3. The van der Waals surface area contributed by atoms with Crippen molar-refractivity contribution in [3.63, 3.8) is 0 Å². The number of aliphatic imine (C=N–C) groups is 1. The minimum atomic E-state index is -4.51. The van der Waals surface area contributed by atoms with Crippen LogP contribution >= 0.6 is 0 Å². The van der Waals surface area contributed by atoms with E-state index in [0.29, 0.717) is 41.4 Å². The topological polar surface area (TPSA) is 105 Å². The van der Waals surface area contributed by atoms with Crippen LogP contribution in [0.5, 0.6) is 0 Å². The van der Waals surface area contributed by atoms with Crippen LogP contribution in [0.1, 0.15) is 44.0 Å². The number of aliphatic hydroxyl groups is 1. The molecule has 1 aliphatic rings. The predicted molar refractivity (Wildman–Crippen MR) is 126 cm³/mol. The molecule has 1 aromatic heterocycles. The first-order chi connectivity index (χ1) is 16.5. The number of halogens is 3. The monoisotopic (exact) mass is 489 g/mol. The van der Waals surface area contributed by atoms with Gasteiger partial charge in [-0.1, -0.05) is 6.08 Å². The van der Waals surface area contributed by atoms with Crippen molar-refractivity contribution in [2.45, 2.75) is 45.2 Å². The first-order valence-electron chi connectivity index (χ1n) is 11.1. The van der Waals surface area contributed by atoms with Gasteiger partial charge in [0.1, 0.15) is 5.82 Å². The van der Waals surface area contributed by atoms with E-state index >= 15 is 0 Å². The maximum atomic E-state index is 13.5. The second-order valence-electron chi connectivity index (χ2n) is 8.26. The number of aliphatic hydroxyl groups excluding tert-OH is 1. The van der Waals surface area contributed by atoms with Gasteiger partial charge in [-0.3, -0.25) is 19.1 Å². The summed E-state index contributed by atoms with van der Waals surface area (Å²) < 4.78 is 40.3. The third kappa shape index (κ3) is 6.26. The molecule has 10 heteroatoms.